The Bertz CT molecular complexity index is 211. The summed E-state index contributed by atoms with van der Waals surface area (Å²) in [4.78, 5) is 0. The van der Waals surface area contributed by atoms with E-state index in [1.807, 2.05) is 0 Å². The third-order valence-corrected chi connectivity index (χ3v) is 4.58. The Hall–Kier alpha value is -0.0800. The third-order valence-electron chi connectivity index (χ3n) is 4.58. The predicted molar refractivity (Wildman–Crippen MR) is 67.6 cm³/mol. The second-order valence-electron chi connectivity index (χ2n) is 5.48. The van der Waals surface area contributed by atoms with Crippen LogP contribution in [0.4, 0.5) is 0 Å². The molecule has 2 atom stereocenters. The van der Waals surface area contributed by atoms with Crippen LogP contribution in [0, 0.1) is 5.41 Å². The van der Waals surface area contributed by atoms with Gasteiger partial charge in [-0.25, -0.2) is 0 Å². The summed E-state index contributed by atoms with van der Waals surface area (Å²) in [6.45, 7) is 6.43. The van der Waals surface area contributed by atoms with Crippen LogP contribution in [0.15, 0.2) is 0 Å². The fraction of sp³-hybridized carbons (Fsp3) is 1.00. The Morgan fingerprint density at radius 1 is 1.19 bits per heavy atom. The van der Waals surface area contributed by atoms with E-state index in [0.29, 0.717) is 11.5 Å². The molecule has 2 saturated carbocycles. The SMILES string of the molecule is CCCN[C@@H]1C[C@H](OCC)C12CCCCC2. The molecule has 0 aliphatic heterocycles. The Morgan fingerprint density at radius 2 is 1.94 bits per heavy atom. The monoisotopic (exact) mass is 225 g/mol. The molecule has 0 saturated heterocycles. The molecular weight excluding hydrogens is 198 g/mol. The summed E-state index contributed by atoms with van der Waals surface area (Å²) < 4.78 is 5.94. The standard InChI is InChI=1S/C14H27NO/c1-3-10-15-12-11-13(16-4-2)14(12)8-6-5-7-9-14/h12-13,15H,3-11H2,1-2H3/t12-,13+/m1/s1. The molecule has 2 nitrogen and oxygen atoms in total. The molecule has 1 N–H and O–H groups in total. The summed E-state index contributed by atoms with van der Waals surface area (Å²) in [5, 5.41) is 3.74. The maximum Gasteiger partial charge on any atom is 0.0661 e. The molecule has 94 valence electrons. The lowest BCUT2D eigenvalue weighted by molar-refractivity contribution is -0.149. The zero-order valence-corrected chi connectivity index (χ0v) is 10.9. The van der Waals surface area contributed by atoms with E-state index in [4.69, 9.17) is 4.74 Å². The molecule has 0 aromatic carbocycles. The van der Waals surface area contributed by atoms with E-state index >= 15 is 0 Å². The van der Waals surface area contributed by atoms with E-state index in [1.165, 1.54) is 51.5 Å². The minimum Gasteiger partial charge on any atom is -0.378 e. The van der Waals surface area contributed by atoms with Crippen molar-refractivity contribution in [1.82, 2.24) is 5.32 Å². The van der Waals surface area contributed by atoms with E-state index in [2.05, 4.69) is 19.2 Å². The van der Waals surface area contributed by atoms with Gasteiger partial charge in [-0.15, -0.1) is 0 Å². The molecule has 0 heterocycles. The molecular formula is C14H27NO. The largest absolute Gasteiger partial charge is 0.378 e. The zero-order valence-electron chi connectivity index (χ0n) is 10.9. The molecule has 1 spiro atoms. The first-order valence-electron chi connectivity index (χ1n) is 7.18. The van der Waals surface area contributed by atoms with Crippen LogP contribution >= 0.6 is 0 Å². The van der Waals surface area contributed by atoms with E-state index in [0.717, 1.165) is 12.6 Å². The molecule has 2 aliphatic rings. The molecule has 0 bridgehead atoms. The molecule has 2 aliphatic carbocycles. The van der Waals surface area contributed by atoms with Crippen LogP contribution in [-0.2, 0) is 4.74 Å². The van der Waals surface area contributed by atoms with Crippen molar-refractivity contribution in [3.05, 3.63) is 0 Å². The third kappa shape index (κ3) is 2.14. The first kappa shape index (κ1) is 12.4. The summed E-state index contributed by atoms with van der Waals surface area (Å²) in [5.41, 5.74) is 0.503. The normalized spacial score (nSPS) is 32.6. The van der Waals surface area contributed by atoms with Crippen molar-refractivity contribution in [2.24, 2.45) is 5.41 Å². The van der Waals surface area contributed by atoms with Gasteiger partial charge in [-0.1, -0.05) is 26.2 Å². The molecule has 0 unspecified atom stereocenters. The summed E-state index contributed by atoms with van der Waals surface area (Å²) >= 11 is 0. The topological polar surface area (TPSA) is 21.3 Å². The lowest BCUT2D eigenvalue weighted by Gasteiger charge is -2.58. The van der Waals surface area contributed by atoms with Crippen LogP contribution in [0.2, 0.25) is 0 Å². The van der Waals surface area contributed by atoms with Gasteiger partial charge in [0.2, 0.25) is 0 Å². The van der Waals surface area contributed by atoms with Gasteiger partial charge in [0, 0.05) is 18.1 Å². The molecule has 2 heteroatoms. The van der Waals surface area contributed by atoms with Crippen molar-refractivity contribution in [3.63, 3.8) is 0 Å². The highest BCUT2D eigenvalue weighted by molar-refractivity contribution is 5.08. The van der Waals surface area contributed by atoms with Crippen molar-refractivity contribution in [1.29, 1.82) is 0 Å². The van der Waals surface area contributed by atoms with Gasteiger partial charge in [0.25, 0.3) is 0 Å². The molecule has 16 heavy (non-hydrogen) atoms. The van der Waals surface area contributed by atoms with Crippen LogP contribution in [-0.4, -0.2) is 25.3 Å². The number of nitrogens with one attached hydrogen (secondary N) is 1. The van der Waals surface area contributed by atoms with Crippen LogP contribution < -0.4 is 5.32 Å². The van der Waals surface area contributed by atoms with Crippen molar-refractivity contribution in [2.75, 3.05) is 13.2 Å². The van der Waals surface area contributed by atoms with Crippen LogP contribution in [0.5, 0.6) is 0 Å². The van der Waals surface area contributed by atoms with Gasteiger partial charge >= 0.3 is 0 Å². The molecule has 2 rings (SSSR count). The van der Waals surface area contributed by atoms with E-state index in [9.17, 15) is 0 Å². The lowest BCUT2D eigenvalue weighted by Crippen LogP contribution is -2.64. The molecule has 0 aromatic rings. The minimum atomic E-state index is 0.503. The highest BCUT2D eigenvalue weighted by Crippen LogP contribution is 2.53. The maximum absolute atomic E-state index is 5.94. The van der Waals surface area contributed by atoms with Crippen LogP contribution in [0.1, 0.15) is 58.8 Å². The first-order valence-corrected chi connectivity index (χ1v) is 7.18. The Labute approximate surface area is 100 Å². The van der Waals surface area contributed by atoms with Gasteiger partial charge in [-0.2, -0.15) is 0 Å². The van der Waals surface area contributed by atoms with E-state index < -0.39 is 0 Å². The average molecular weight is 225 g/mol. The fourth-order valence-corrected chi connectivity index (χ4v) is 3.67. The Morgan fingerprint density at radius 3 is 2.56 bits per heavy atom. The van der Waals surface area contributed by atoms with Gasteiger partial charge in [0.15, 0.2) is 0 Å². The van der Waals surface area contributed by atoms with E-state index in [-0.39, 0.29) is 0 Å². The van der Waals surface area contributed by atoms with Crippen LogP contribution in [0.25, 0.3) is 0 Å². The lowest BCUT2D eigenvalue weighted by atomic mass is 9.55. The first-order chi connectivity index (χ1) is 7.83. The number of rotatable bonds is 5. The van der Waals surface area contributed by atoms with Gasteiger partial charge in [0.05, 0.1) is 6.10 Å². The second-order valence-corrected chi connectivity index (χ2v) is 5.48. The van der Waals surface area contributed by atoms with Crippen molar-refractivity contribution in [2.45, 2.75) is 70.9 Å². The molecule has 0 aromatic heterocycles. The van der Waals surface area contributed by atoms with Gasteiger partial charge in [-0.05, 0) is 39.2 Å². The second kappa shape index (κ2) is 5.50. The van der Waals surface area contributed by atoms with Crippen molar-refractivity contribution < 1.29 is 4.74 Å². The number of ether oxygens (including phenoxy) is 1. The summed E-state index contributed by atoms with van der Waals surface area (Å²) in [7, 11) is 0. The highest BCUT2D eigenvalue weighted by Gasteiger charge is 2.55. The van der Waals surface area contributed by atoms with Gasteiger partial charge in [0.1, 0.15) is 0 Å². The maximum atomic E-state index is 5.94. The van der Waals surface area contributed by atoms with Gasteiger partial charge in [-0.3, -0.25) is 0 Å². The molecule has 0 radical (unpaired) electrons. The van der Waals surface area contributed by atoms with Crippen LogP contribution in [0.3, 0.4) is 0 Å². The summed E-state index contributed by atoms with van der Waals surface area (Å²) in [6.07, 6.45) is 10.1. The van der Waals surface area contributed by atoms with Crippen molar-refractivity contribution >= 4 is 0 Å². The zero-order chi connectivity index (χ0) is 11.4. The smallest absolute Gasteiger partial charge is 0.0661 e. The quantitative estimate of drug-likeness (QED) is 0.776. The number of hydrogen-bond acceptors (Lipinski definition) is 2. The fourth-order valence-electron chi connectivity index (χ4n) is 3.67. The minimum absolute atomic E-state index is 0.503. The average Bonchev–Trinajstić information content (AvgIpc) is 2.34. The molecule has 0 amide bonds. The highest BCUT2D eigenvalue weighted by atomic mass is 16.5. The number of hydrogen-bond donors (Lipinski definition) is 1. The molecule has 2 fully saturated rings. The van der Waals surface area contributed by atoms with Gasteiger partial charge < -0.3 is 10.1 Å². The Kier molecular flexibility index (Phi) is 4.26. The Balaban J connectivity index is 1.94. The summed E-state index contributed by atoms with van der Waals surface area (Å²) in [5.74, 6) is 0. The summed E-state index contributed by atoms with van der Waals surface area (Å²) in [6, 6.07) is 0.740. The van der Waals surface area contributed by atoms with Crippen molar-refractivity contribution in [3.8, 4) is 0 Å². The van der Waals surface area contributed by atoms with E-state index in [1.54, 1.807) is 0 Å². The predicted octanol–water partition coefficient (Wildman–Crippen LogP) is 3.11.